The first-order chi connectivity index (χ1) is 29.2. The standard InChI is InChI=1S/C44H66FN7O9S/c1-12-33-44(8)35(52(41(56)61-44)20-16-15-19-51-24-30(48-49-51)38-47-29-17-13-14-18-32(29)62-38)28(5)46-23-25(2)22-42(6,57-11)37(27(4)36(54)43(7,45)40(55)59-33)60-39-34(53)31(50(9)10)21-26(3)58-39/h13-14,17-18,24-28,31,33-35,37,39,46,53H,12,15-16,19-23H2,1-11H3/t25-,26?,27-,28-,31?,33-,34?,35-,37-,39+,42-,43-,44-/m1/s1. The molecule has 344 valence electrons. The summed E-state index contributed by atoms with van der Waals surface area (Å²) < 4.78 is 50.8. The predicted octanol–water partition coefficient (Wildman–Crippen LogP) is 5.40. The second-order valence-electron chi connectivity index (χ2n) is 18.4. The minimum Gasteiger partial charge on any atom is -0.455 e. The molecule has 13 atom stereocenters. The van der Waals surface area contributed by atoms with Crippen molar-refractivity contribution in [2.24, 2.45) is 11.8 Å². The van der Waals surface area contributed by atoms with Gasteiger partial charge in [0, 0.05) is 38.2 Å². The average Bonchev–Trinajstić information content (AvgIpc) is 3.95. The van der Waals surface area contributed by atoms with Gasteiger partial charge in [-0.25, -0.2) is 19.0 Å². The highest BCUT2D eigenvalue weighted by Gasteiger charge is 2.60. The number of methoxy groups -OCH3 is 1. The molecule has 3 saturated heterocycles. The number of cyclic esters (lactones) is 1. The fourth-order valence-electron chi connectivity index (χ4n) is 9.71. The predicted molar refractivity (Wildman–Crippen MR) is 231 cm³/mol. The minimum absolute atomic E-state index is 0.115. The van der Waals surface area contributed by atoms with Gasteiger partial charge in [0.2, 0.25) is 0 Å². The molecule has 3 fully saturated rings. The third kappa shape index (κ3) is 9.71. The van der Waals surface area contributed by atoms with Crippen molar-refractivity contribution in [3.63, 3.8) is 0 Å². The number of alkyl halides is 1. The zero-order valence-corrected chi connectivity index (χ0v) is 38.8. The molecule has 1 aromatic carbocycles. The fourth-order valence-corrected chi connectivity index (χ4v) is 10.6. The number of halogens is 1. The summed E-state index contributed by atoms with van der Waals surface area (Å²) in [5.74, 6) is -3.85. The monoisotopic (exact) mass is 887 g/mol. The second kappa shape index (κ2) is 19.2. The Bertz CT molecular complexity index is 2000. The SMILES string of the molecule is CC[C@H]1OC(=O)[C@](C)(F)C(=O)[C@@H](C)[C@@H](O[C@@H]2OC(C)CC(N(C)C)C2O)[C@](C)(OC)C[C@@H](C)CN[C@H](C)[C@H]2N(CCCCn3cc(-c4nc5ccccc5s4)nn3)C(=O)O[C@]12C. The number of esters is 1. The van der Waals surface area contributed by atoms with Crippen LogP contribution in [0.3, 0.4) is 0 Å². The number of amides is 1. The fraction of sp³-hybridized carbons (Fsp3) is 0.727. The van der Waals surface area contributed by atoms with Crippen LogP contribution in [0.15, 0.2) is 30.5 Å². The van der Waals surface area contributed by atoms with Gasteiger partial charge in [0.05, 0.1) is 40.3 Å². The van der Waals surface area contributed by atoms with Crippen LogP contribution in [0.2, 0.25) is 0 Å². The van der Waals surface area contributed by atoms with Crippen molar-refractivity contribution in [3.8, 4) is 10.7 Å². The van der Waals surface area contributed by atoms with Crippen molar-refractivity contribution in [1.82, 2.24) is 35.1 Å². The lowest BCUT2D eigenvalue weighted by molar-refractivity contribution is -0.295. The lowest BCUT2D eigenvalue weighted by atomic mass is 9.78. The van der Waals surface area contributed by atoms with E-state index in [1.807, 2.05) is 70.2 Å². The second-order valence-corrected chi connectivity index (χ2v) is 19.4. The van der Waals surface area contributed by atoms with E-state index in [0.29, 0.717) is 51.0 Å². The van der Waals surface area contributed by atoms with Crippen LogP contribution in [0.5, 0.6) is 0 Å². The number of carbonyl (C=O) groups is 3. The van der Waals surface area contributed by atoms with Crippen molar-refractivity contribution in [2.45, 2.75) is 160 Å². The third-order valence-corrected chi connectivity index (χ3v) is 14.2. The summed E-state index contributed by atoms with van der Waals surface area (Å²) in [5.41, 5.74) is -4.18. The van der Waals surface area contributed by atoms with E-state index in [-0.39, 0.29) is 24.5 Å². The number of benzene rings is 1. The number of ketones is 1. The van der Waals surface area contributed by atoms with E-state index in [1.165, 1.54) is 14.0 Å². The van der Waals surface area contributed by atoms with Crippen molar-refractivity contribution in [3.05, 3.63) is 30.5 Å². The van der Waals surface area contributed by atoms with Crippen LogP contribution in [0.4, 0.5) is 9.18 Å². The zero-order chi connectivity index (χ0) is 45.3. The zero-order valence-electron chi connectivity index (χ0n) is 38.0. The number of nitrogens with one attached hydrogen (secondary N) is 1. The number of hydrogen-bond donors (Lipinski definition) is 2. The summed E-state index contributed by atoms with van der Waals surface area (Å²) in [5, 5.41) is 24.5. The molecular formula is C44H66FN7O9S. The third-order valence-electron chi connectivity index (χ3n) is 13.2. The summed E-state index contributed by atoms with van der Waals surface area (Å²) in [6.45, 7) is 14.8. The Morgan fingerprint density at radius 1 is 1.08 bits per heavy atom. The summed E-state index contributed by atoms with van der Waals surface area (Å²) in [6.07, 6.45) is -1.23. The first kappa shape index (κ1) is 47.8. The average molecular weight is 888 g/mol. The van der Waals surface area contributed by atoms with E-state index in [0.717, 1.165) is 22.1 Å². The normalized spacial score (nSPS) is 36.6. The topological polar surface area (TPSA) is 180 Å². The molecule has 1 amide bonds. The molecule has 5 heterocycles. The lowest BCUT2D eigenvalue weighted by Crippen LogP contribution is -2.61. The number of para-hydroxylation sites is 1. The maximum absolute atomic E-state index is 17.0. The maximum Gasteiger partial charge on any atom is 0.410 e. The smallest absolute Gasteiger partial charge is 0.410 e. The van der Waals surface area contributed by atoms with E-state index in [1.54, 1.807) is 41.7 Å². The van der Waals surface area contributed by atoms with Crippen LogP contribution < -0.4 is 5.32 Å². The van der Waals surface area contributed by atoms with Crippen molar-refractivity contribution in [2.75, 3.05) is 34.3 Å². The number of thiazole rings is 1. The molecule has 0 aliphatic carbocycles. The number of unbranched alkanes of at least 4 members (excludes halogenated alkanes) is 1. The van der Waals surface area contributed by atoms with Gasteiger partial charge in [-0.15, -0.1) is 16.4 Å². The van der Waals surface area contributed by atoms with Gasteiger partial charge < -0.3 is 39.0 Å². The highest BCUT2D eigenvalue weighted by molar-refractivity contribution is 7.21. The molecule has 16 nitrogen and oxygen atoms in total. The van der Waals surface area contributed by atoms with Crippen LogP contribution in [0, 0.1) is 11.8 Å². The van der Waals surface area contributed by atoms with Gasteiger partial charge in [0.1, 0.15) is 22.9 Å². The number of likely N-dealkylation sites (N-methyl/N-ethyl adjacent to an activating group) is 1. The van der Waals surface area contributed by atoms with Crippen molar-refractivity contribution < 1.29 is 47.6 Å². The number of nitrogens with zero attached hydrogens (tertiary/aromatic N) is 6. The number of rotatable bonds is 11. The van der Waals surface area contributed by atoms with E-state index >= 15 is 4.39 Å². The van der Waals surface area contributed by atoms with Crippen LogP contribution >= 0.6 is 11.3 Å². The number of aliphatic hydroxyl groups is 1. The van der Waals surface area contributed by atoms with Crippen molar-refractivity contribution >= 4 is 39.4 Å². The molecule has 0 radical (unpaired) electrons. The molecule has 2 N–H and O–H groups in total. The van der Waals surface area contributed by atoms with E-state index in [4.69, 9.17) is 23.7 Å². The van der Waals surface area contributed by atoms with Gasteiger partial charge in [-0.05, 0) is 105 Å². The Morgan fingerprint density at radius 2 is 1.79 bits per heavy atom. The molecule has 6 rings (SSSR count). The van der Waals surface area contributed by atoms with Crippen LogP contribution in [0.1, 0.15) is 87.5 Å². The van der Waals surface area contributed by atoms with Crippen molar-refractivity contribution in [1.29, 1.82) is 0 Å². The number of aromatic nitrogens is 4. The molecule has 2 aromatic heterocycles. The molecule has 3 unspecified atom stereocenters. The van der Waals surface area contributed by atoms with E-state index in [9.17, 15) is 19.5 Å². The number of fused-ring (bicyclic) bond motifs is 2. The summed E-state index contributed by atoms with van der Waals surface area (Å²) >= 11 is 1.56. The number of aliphatic hydroxyl groups excluding tert-OH is 1. The highest BCUT2D eigenvalue weighted by atomic mass is 32.1. The number of carbonyl (C=O) groups excluding carboxylic acids is 3. The van der Waals surface area contributed by atoms with Gasteiger partial charge in [0.25, 0.3) is 5.67 Å². The van der Waals surface area contributed by atoms with E-state index < -0.39 is 77.3 Å². The van der Waals surface area contributed by atoms with Gasteiger partial charge in [0.15, 0.2) is 17.7 Å². The molecular weight excluding hydrogens is 822 g/mol. The number of Topliss-reactive ketones (excluding diaryl/α,β-unsaturated/α-hetero) is 1. The van der Waals surface area contributed by atoms with Crippen LogP contribution in [0.25, 0.3) is 20.9 Å². The van der Waals surface area contributed by atoms with Crippen LogP contribution in [-0.4, -0.2) is 153 Å². The number of aryl methyl sites for hydroxylation is 1. The highest BCUT2D eigenvalue weighted by Crippen LogP contribution is 2.41. The summed E-state index contributed by atoms with van der Waals surface area (Å²) in [4.78, 5) is 50.4. The number of hydrogen-bond acceptors (Lipinski definition) is 15. The summed E-state index contributed by atoms with van der Waals surface area (Å²) in [6, 6.07) is 6.56. The van der Waals surface area contributed by atoms with E-state index in [2.05, 4.69) is 20.6 Å². The Morgan fingerprint density at radius 3 is 2.47 bits per heavy atom. The minimum atomic E-state index is -3.13. The Kier molecular flexibility index (Phi) is 14.8. The maximum atomic E-state index is 17.0. The van der Waals surface area contributed by atoms with Gasteiger partial charge in [-0.2, -0.15) is 0 Å². The molecule has 0 spiro atoms. The molecule has 0 saturated carbocycles. The molecule has 0 bridgehead atoms. The van der Waals surface area contributed by atoms with Gasteiger partial charge in [-0.1, -0.05) is 38.1 Å². The first-order valence-corrected chi connectivity index (χ1v) is 22.7. The molecule has 3 aromatic rings. The lowest BCUT2D eigenvalue weighted by Gasteiger charge is -2.47. The Labute approximate surface area is 368 Å². The number of ether oxygens (including phenoxy) is 5. The largest absolute Gasteiger partial charge is 0.455 e. The molecule has 18 heteroatoms. The molecule has 62 heavy (non-hydrogen) atoms. The van der Waals surface area contributed by atoms with Gasteiger partial charge >= 0.3 is 12.1 Å². The quantitative estimate of drug-likeness (QED) is 0.142. The first-order valence-electron chi connectivity index (χ1n) is 21.9. The Balaban J connectivity index is 1.23. The molecule has 3 aliphatic heterocycles. The molecule has 3 aliphatic rings. The summed E-state index contributed by atoms with van der Waals surface area (Å²) in [7, 11) is 5.21. The van der Waals surface area contributed by atoms with Gasteiger partial charge in [-0.3, -0.25) is 14.4 Å². The Hall–Kier alpha value is -3.65. The van der Waals surface area contributed by atoms with Crippen LogP contribution in [-0.2, 0) is 39.8 Å².